The molecule has 32 heavy (non-hydrogen) atoms. The Bertz CT molecular complexity index is 1220. The monoisotopic (exact) mass is 433 g/mol. The van der Waals surface area contributed by atoms with Gasteiger partial charge in [-0.2, -0.15) is 0 Å². The predicted octanol–water partition coefficient (Wildman–Crippen LogP) is 1.36. The van der Waals surface area contributed by atoms with Crippen LogP contribution in [0.3, 0.4) is 0 Å². The fourth-order valence-corrected chi connectivity index (χ4v) is 4.39. The van der Waals surface area contributed by atoms with Gasteiger partial charge >= 0.3 is 5.97 Å². The van der Waals surface area contributed by atoms with Crippen molar-refractivity contribution in [2.75, 3.05) is 13.2 Å². The maximum absolute atomic E-state index is 13.2. The molecule has 1 fully saturated rings. The van der Waals surface area contributed by atoms with Gasteiger partial charge in [-0.1, -0.05) is 48.6 Å². The third-order valence-corrected chi connectivity index (χ3v) is 6.30. The largest absolute Gasteiger partial charge is 0.461 e. The molecule has 6 nitrogen and oxygen atoms in total. The van der Waals surface area contributed by atoms with E-state index in [1.807, 2.05) is 49.4 Å². The number of aromatic nitrogens is 1. The van der Waals surface area contributed by atoms with E-state index in [2.05, 4.69) is 0 Å². The Kier molecular flexibility index (Phi) is 6.00. The van der Waals surface area contributed by atoms with E-state index in [9.17, 15) is 14.7 Å². The summed E-state index contributed by atoms with van der Waals surface area (Å²) in [7, 11) is 0. The lowest BCUT2D eigenvalue weighted by Crippen LogP contribution is -2.35. The molecule has 1 saturated carbocycles. The Morgan fingerprint density at radius 3 is 2.59 bits per heavy atom. The number of carbonyl (C=O) groups excluding carboxylic acids is 2. The molecular weight excluding hydrogens is 406 g/mol. The first-order valence-electron chi connectivity index (χ1n) is 10.7. The molecule has 3 atom stereocenters. The molecule has 0 saturated heterocycles. The molecule has 0 bridgehead atoms. The Morgan fingerprint density at radius 1 is 1.16 bits per heavy atom. The molecule has 0 radical (unpaired) electrons. The van der Waals surface area contributed by atoms with Gasteiger partial charge in [0, 0.05) is 28.8 Å². The minimum absolute atomic E-state index is 0.0215. The summed E-state index contributed by atoms with van der Waals surface area (Å²) in [6.45, 7) is 3.58. The molecule has 0 aliphatic heterocycles. The summed E-state index contributed by atoms with van der Waals surface area (Å²) in [5.41, 5.74) is 1.50. The van der Waals surface area contributed by atoms with Gasteiger partial charge in [0.15, 0.2) is 0 Å². The van der Waals surface area contributed by atoms with Crippen LogP contribution in [0, 0.1) is 18.8 Å². The van der Waals surface area contributed by atoms with E-state index in [1.54, 1.807) is 23.6 Å². The van der Waals surface area contributed by atoms with Gasteiger partial charge in [0.05, 0.1) is 24.0 Å². The van der Waals surface area contributed by atoms with E-state index in [1.165, 1.54) is 12.2 Å². The number of esters is 1. The number of rotatable bonds is 7. The number of ether oxygens (including phenoxy) is 1. The SMILES string of the molecule is Cc1c(CC(=O)OC/C=C/CO)c2c(n1C(=O)/C=C/c1ccccc1)=CC1C(C=2)C1(C)O. The number of benzene rings is 1. The molecule has 2 aliphatic carbocycles. The van der Waals surface area contributed by atoms with Crippen molar-refractivity contribution in [1.82, 2.24) is 4.57 Å². The molecule has 2 N–H and O–H groups in total. The average Bonchev–Trinajstić information content (AvgIpc) is 3.20. The maximum Gasteiger partial charge on any atom is 0.310 e. The van der Waals surface area contributed by atoms with Gasteiger partial charge in [0.1, 0.15) is 6.61 Å². The summed E-state index contributed by atoms with van der Waals surface area (Å²) >= 11 is 0. The highest BCUT2D eigenvalue weighted by atomic mass is 16.5. The summed E-state index contributed by atoms with van der Waals surface area (Å²) in [5.74, 6) is -0.697. The van der Waals surface area contributed by atoms with Crippen molar-refractivity contribution in [2.24, 2.45) is 11.8 Å². The van der Waals surface area contributed by atoms with Gasteiger partial charge in [-0.05, 0) is 37.1 Å². The zero-order chi connectivity index (χ0) is 22.9. The van der Waals surface area contributed by atoms with Crippen molar-refractivity contribution in [3.05, 3.63) is 75.9 Å². The van der Waals surface area contributed by atoms with Crippen molar-refractivity contribution in [3.8, 4) is 0 Å². The van der Waals surface area contributed by atoms with Crippen molar-refractivity contribution < 1.29 is 24.5 Å². The summed E-state index contributed by atoms with van der Waals surface area (Å²) in [5, 5.41) is 20.9. The third-order valence-electron chi connectivity index (χ3n) is 6.30. The lowest BCUT2D eigenvalue weighted by Gasteiger charge is -2.05. The molecule has 3 unspecified atom stereocenters. The van der Waals surface area contributed by atoms with Gasteiger partial charge in [0.25, 0.3) is 5.91 Å². The lowest BCUT2D eigenvalue weighted by atomic mass is 10.1. The van der Waals surface area contributed by atoms with Crippen LogP contribution in [0.5, 0.6) is 0 Å². The summed E-state index contributed by atoms with van der Waals surface area (Å²) < 4.78 is 6.84. The highest BCUT2D eigenvalue weighted by Crippen LogP contribution is 2.53. The first-order valence-corrected chi connectivity index (χ1v) is 10.7. The third kappa shape index (κ3) is 4.11. The van der Waals surface area contributed by atoms with E-state index in [-0.39, 0.29) is 37.4 Å². The van der Waals surface area contributed by atoms with E-state index >= 15 is 0 Å². The van der Waals surface area contributed by atoms with Crippen LogP contribution in [0.4, 0.5) is 0 Å². The molecule has 1 aromatic carbocycles. The van der Waals surface area contributed by atoms with Crippen LogP contribution in [-0.2, 0) is 16.0 Å². The number of aliphatic hydroxyl groups excluding tert-OH is 1. The fraction of sp³-hybridized carbons (Fsp3) is 0.308. The Labute approximate surface area is 186 Å². The summed E-state index contributed by atoms with van der Waals surface area (Å²) in [4.78, 5) is 25.6. The Hall–Kier alpha value is -3.22. The van der Waals surface area contributed by atoms with Crippen LogP contribution in [0.25, 0.3) is 18.2 Å². The lowest BCUT2D eigenvalue weighted by molar-refractivity contribution is -0.141. The first kappa shape index (κ1) is 22.0. The molecule has 2 aliphatic rings. The summed E-state index contributed by atoms with van der Waals surface area (Å²) in [6, 6.07) is 9.56. The second-order valence-electron chi connectivity index (χ2n) is 8.41. The van der Waals surface area contributed by atoms with Crippen LogP contribution in [0.15, 0.2) is 48.6 Å². The van der Waals surface area contributed by atoms with Crippen LogP contribution < -0.4 is 10.6 Å². The van der Waals surface area contributed by atoms with Crippen LogP contribution in [-0.4, -0.2) is 45.5 Å². The van der Waals surface area contributed by atoms with Crippen LogP contribution in [0.2, 0.25) is 0 Å². The molecular formula is C26H27NO5. The molecule has 2 aromatic rings. The van der Waals surface area contributed by atoms with Crippen molar-refractivity contribution in [1.29, 1.82) is 0 Å². The van der Waals surface area contributed by atoms with Crippen LogP contribution >= 0.6 is 0 Å². The predicted molar refractivity (Wildman–Crippen MR) is 122 cm³/mol. The topological polar surface area (TPSA) is 88.8 Å². The minimum atomic E-state index is -0.840. The quantitative estimate of drug-likeness (QED) is 0.391. The number of hydrogen-bond acceptors (Lipinski definition) is 5. The Morgan fingerprint density at radius 2 is 1.88 bits per heavy atom. The van der Waals surface area contributed by atoms with Gasteiger partial charge in [-0.25, -0.2) is 0 Å². The summed E-state index contributed by atoms with van der Waals surface area (Å²) in [6.07, 6.45) is 10.3. The van der Waals surface area contributed by atoms with E-state index in [4.69, 9.17) is 9.84 Å². The standard InChI is InChI=1S/C26H27NO5/c1-17-19(15-25(30)32-13-7-6-12-28)20-14-21-22(26(21,2)31)16-23(20)27(17)24(29)11-10-18-8-4-3-5-9-18/h3-11,14,16,21-22,28,31H,12-13,15H2,1-2H3/b7-6+,11-10+. The fourth-order valence-electron chi connectivity index (χ4n) is 4.39. The van der Waals surface area contributed by atoms with Crippen molar-refractivity contribution in [3.63, 3.8) is 0 Å². The average molecular weight is 434 g/mol. The van der Waals surface area contributed by atoms with E-state index < -0.39 is 11.6 Å². The van der Waals surface area contributed by atoms with Crippen LogP contribution in [0.1, 0.15) is 28.5 Å². The number of hydrogen-bond donors (Lipinski definition) is 2. The maximum atomic E-state index is 13.2. The van der Waals surface area contributed by atoms with E-state index in [0.29, 0.717) is 11.0 Å². The number of allylic oxidation sites excluding steroid dienone is 1. The molecule has 0 spiro atoms. The molecule has 1 heterocycles. The second-order valence-corrected chi connectivity index (χ2v) is 8.41. The number of carbonyl (C=O) groups is 2. The molecule has 166 valence electrons. The van der Waals surface area contributed by atoms with Crippen molar-refractivity contribution >= 4 is 30.1 Å². The second kappa shape index (κ2) is 8.73. The highest BCUT2D eigenvalue weighted by molar-refractivity contribution is 5.95. The normalized spacial score (nSPS) is 23.4. The molecule has 4 rings (SSSR count). The number of fused-ring (bicyclic) bond motifs is 2. The number of nitrogens with zero attached hydrogens (tertiary/aromatic N) is 1. The first-order chi connectivity index (χ1) is 15.3. The van der Waals surface area contributed by atoms with E-state index in [0.717, 1.165) is 16.3 Å². The highest BCUT2D eigenvalue weighted by Gasteiger charge is 2.59. The zero-order valence-electron chi connectivity index (χ0n) is 18.2. The smallest absolute Gasteiger partial charge is 0.310 e. The molecule has 0 amide bonds. The number of aliphatic hydroxyl groups is 2. The molecule has 6 heteroatoms. The Balaban J connectivity index is 1.69. The van der Waals surface area contributed by atoms with Gasteiger partial charge < -0.3 is 14.9 Å². The molecule has 1 aromatic heterocycles. The van der Waals surface area contributed by atoms with Gasteiger partial charge in [-0.15, -0.1) is 0 Å². The van der Waals surface area contributed by atoms with Crippen molar-refractivity contribution in [2.45, 2.75) is 25.9 Å². The van der Waals surface area contributed by atoms with Gasteiger partial charge in [-0.3, -0.25) is 14.2 Å². The minimum Gasteiger partial charge on any atom is -0.461 e. The zero-order valence-corrected chi connectivity index (χ0v) is 18.2. The van der Waals surface area contributed by atoms with Gasteiger partial charge in [0.2, 0.25) is 0 Å².